The number of methoxy groups -OCH3 is 1. The topological polar surface area (TPSA) is 112 Å². The van der Waals surface area contributed by atoms with Crippen LogP contribution in [-0.4, -0.2) is 72.6 Å². The second kappa shape index (κ2) is 10.4. The molecule has 4 heterocycles. The standard InChI is InChI=1S/C25H21B2F4N7O2/c1-40-19-7-15(28)13(5-16(19)29)17-6-14(25(26,27)38-11-36-20-23(32)34-10-35-24(20)38)18(8-33-17)37-4-2-3-12(9-37)21(39)22(30)31/h5-8,10-12,22H,2-4,9H2,1H3,(H2,32,34,35). The van der Waals surface area contributed by atoms with Gasteiger partial charge in [0.1, 0.15) is 17.7 Å². The van der Waals surface area contributed by atoms with Crippen LogP contribution in [0.3, 0.4) is 0 Å². The van der Waals surface area contributed by atoms with E-state index in [1.54, 1.807) is 4.90 Å². The normalized spacial score (nSPS) is 16.1. The number of ketones is 1. The monoisotopic (exact) mass is 549 g/mol. The fourth-order valence-electron chi connectivity index (χ4n) is 4.91. The van der Waals surface area contributed by atoms with Crippen LogP contribution < -0.4 is 15.4 Å². The van der Waals surface area contributed by atoms with Gasteiger partial charge in [-0.25, -0.2) is 32.5 Å². The maximum atomic E-state index is 15.0. The van der Waals surface area contributed by atoms with Crippen LogP contribution in [0.4, 0.5) is 29.1 Å². The average molecular weight is 549 g/mol. The van der Waals surface area contributed by atoms with E-state index in [2.05, 4.69) is 19.9 Å². The molecule has 1 fully saturated rings. The highest BCUT2D eigenvalue weighted by molar-refractivity contribution is 6.40. The third-order valence-corrected chi connectivity index (χ3v) is 6.97. The first-order valence-corrected chi connectivity index (χ1v) is 12.2. The number of Topliss-reactive ketones (excluding diaryl/α,β-unsaturated/α-hetero) is 1. The Labute approximate surface area is 228 Å². The molecule has 1 unspecified atom stereocenters. The van der Waals surface area contributed by atoms with Crippen molar-refractivity contribution in [2.75, 3.05) is 30.8 Å². The van der Waals surface area contributed by atoms with Crippen LogP contribution in [0.15, 0.2) is 37.1 Å². The lowest BCUT2D eigenvalue weighted by Gasteiger charge is -2.39. The van der Waals surface area contributed by atoms with Crippen LogP contribution in [0.5, 0.6) is 5.75 Å². The molecule has 1 aromatic carbocycles. The number of nitrogen functional groups attached to an aromatic ring is 1. The Morgan fingerprint density at radius 1 is 1.15 bits per heavy atom. The number of benzene rings is 1. The molecule has 40 heavy (non-hydrogen) atoms. The molecule has 0 amide bonds. The molecular formula is C25H21B2F4N7O2. The van der Waals surface area contributed by atoms with E-state index in [0.717, 1.165) is 12.1 Å². The number of halogens is 4. The predicted octanol–water partition coefficient (Wildman–Crippen LogP) is 2.80. The van der Waals surface area contributed by atoms with Crippen molar-refractivity contribution in [2.45, 2.75) is 24.6 Å². The minimum atomic E-state index is -3.11. The zero-order chi connectivity index (χ0) is 28.8. The zero-order valence-electron chi connectivity index (χ0n) is 21.2. The maximum Gasteiger partial charge on any atom is 0.296 e. The summed E-state index contributed by atoms with van der Waals surface area (Å²) in [4.78, 5) is 30.4. The van der Waals surface area contributed by atoms with E-state index < -0.39 is 35.1 Å². The molecule has 5 rings (SSSR count). The lowest BCUT2D eigenvalue weighted by atomic mass is 9.57. The van der Waals surface area contributed by atoms with E-state index in [1.165, 1.54) is 36.6 Å². The Morgan fingerprint density at radius 2 is 1.93 bits per heavy atom. The van der Waals surface area contributed by atoms with Crippen molar-refractivity contribution >= 4 is 44.1 Å². The summed E-state index contributed by atoms with van der Waals surface area (Å²) in [5.41, 5.74) is 6.56. The molecule has 4 aromatic rings. The van der Waals surface area contributed by atoms with Gasteiger partial charge >= 0.3 is 0 Å². The minimum absolute atomic E-state index is 0.0196. The average Bonchev–Trinajstić information content (AvgIpc) is 3.40. The third-order valence-electron chi connectivity index (χ3n) is 6.97. The van der Waals surface area contributed by atoms with Crippen LogP contribution in [0, 0.1) is 17.6 Å². The fourth-order valence-corrected chi connectivity index (χ4v) is 4.91. The Balaban J connectivity index is 1.68. The maximum absolute atomic E-state index is 15.0. The number of alkyl halides is 2. The molecule has 1 atom stereocenters. The number of carbonyl (C=O) groups is 1. The van der Waals surface area contributed by atoms with Crippen LogP contribution in [-0.2, 0) is 10.1 Å². The molecule has 0 saturated carbocycles. The second-order valence-corrected chi connectivity index (χ2v) is 9.41. The van der Waals surface area contributed by atoms with Crippen molar-refractivity contribution in [1.82, 2.24) is 24.5 Å². The summed E-state index contributed by atoms with van der Waals surface area (Å²) < 4.78 is 62.1. The number of ether oxygens (including phenoxy) is 1. The predicted molar refractivity (Wildman–Crippen MR) is 140 cm³/mol. The van der Waals surface area contributed by atoms with E-state index in [-0.39, 0.29) is 52.5 Å². The van der Waals surface area contributed by atoms with Crippen LogP contribution >= 0.6 is 0 Å². The van der Waals surface area contributed by atoms with Gasteiger partial charge in [0.2, 0.25) is 5.78 Å². The van der Waals surface area contributed by atoms with Crippen molar-refractivity contribution in [3.05, 3.63) is 54.2 Å². The van der Waals surface area contributed by atoms with Gasteiger partial charge in [-0.3, -0.25) is 9.78 Å². The van der Waals surface area contributed by atoms with Crippen molar-refractivity contribution in [3.63, 3.8) is 0 Å². The fraction of sp³-hybridized carbons (Fsp3) is 0.320. The number of imidazole rings is 1. The highest BCUT2D eigenvalue weighted by Gasteiger charge is 2.35. The molecular weight excluding hydrogens is 528 g/mol. The molecule has 1 aliphatic heterocycles. The highest BCUT2D eigenvalue weighted by Crippen LogP contribution is 2.37. The number of piperidine rings is 1. The molecule has 1 aliphatic rings. The van der Waals surface area contributed by atoms with Crippen molar-refractivity contribution in [2.24, 2.45) is 5.92 Å². The molecule has 1 saturated heterocycles. The summed E-state index contributed by atoms with van der Waals surface area (Å²) in [5.74, 6) is -3.95. The van der Waals surface area contributed by atoms with Gasteiger partial charge < -0.3 is 19.9 Å². The molecule has 15 heteroatoms. The molecule has 202 valence electrons. The van der Waals surface area contributed by atoms with E-state index in [0.29, 0.717) is 18.7 Å². The highest BCUT2D eigenvalue weighted by atomic mass is 19.3. The number of pyridine rings is 1. The van der Waals surface area contributed by atoms with Gasteiger partial charge in [0, 0.05) is 30.6 Å². The molecule has 0 spiro atoms. The summed E-state index contributed by atoms with van der Waals surface area (Å²) in [7, 11) is 14.6. The van der Waals surface area contributed by atoms with Gasteiger partial charge in [0.05, 0.1) is 46.7 Å². The summed E-state index contributed by atoms with van der Waals surface area (Å²) in [6.07, 6.45) is 1.44. The number of fused-ring (bicyclic) bond motifs is 1. The molecule has 3 aromatic heterocycles. The van der Waals surface area contributed by atoms with Gasteiger partial charge in [-0.2, -0.15) is 0 Å². The smallest absolute Gasteiger partial charge is 0.296 e. The van der Waals surface area contributed by atoms with E-state index >= 15 is 4.39 Å². The lowest BCUT2D eigenvalue weighted by Crippen LogP contribution is -2.43. The van der Waals surface area contributed by atoms with Gasteiger partial charge in [-0.1, -0.05) is 0 Å². The number of rotatable bonds is 7. The number of nitrogens with zero attached hydrogens (tertiary/aromatic N) is 6. The van der Waals surface area contributed by atoms with E-state index in [9.17, 15) is 18.0 Å². The summed E-state index contributed by atoms with van der Waals surface area (Å²) in [6.45, 7) is 0.334. The number of hydrogen-bond acceptors (Lipinski definition) is 8. The lowest BCUT2D eigenvalue weighted by molar-refractivity contribution is -0.133. The number of hydrogen-bond donors (Lipinski definition) is 1. The Bertz CT molecular complexity index is 1600. The van der Waals surface area contributed by atoms with Crippen molar-refractivity contribution < 1.29 is 27.1 Å². The molecule has 9 nitrogen and oxygen atoms in total. The quantitative estimate of drug-likeness (QED) is 0.277. The minimum Gasteiger partial charge on any atom is -0.494 e. The Morgan fingerprint density at radius 3 is 2.65 bits per heavy atom. The van der Waals surface area contributed by atoms with Gasteiger partial charge in [-0.15, -0.1) is 0 Å². The summed E-state index contributed by atoms with van der Waals surface area (Å²) in [5, 5.41) is -1.94. The number of anilines is 2. The Hall–Kier alpha value is -4.16. The van der Waals surface area contributed by atoms with Gasteiger partial charge in [0.15, 0.2) is 23.0 Å². The first kappa shape index (κ1) is 27.4. The van der Waals surface area contributed by atoms with Gasteiger partial charge in [-0.05, 0) is 35.9 Å². The Kier molecular flexibility index (Phi) is 7.15. The van der Waals surface area contributed by atoms with Crippen molar-refractivity contribution in [3.8, 4) is 17.0 Å². The van der Waals surface area contributed by atoms with Crippen molar-refractivity contribution in [1.29, 1.82) is 0 Å². The number of carbonyl (C=O) groups excluding carboxylic acids is 1. The van der Waals surface area contributed by atoms with Crippen LogP contribution in [0.25, 0.3) is 22.4 Å². The van der Waals surface area contributed by atoms with Gasteiger partial charge in [0.25, 0.3) is 6.43 Å². The first-order chi connectivity index (χ1) is 19.0. The number of nitrogens with two attached hydrogens (primary N) is 1. The zero-order valence-corrected chi connectivity index (χ0v) is 21.2. The summed E-state index contributed by atoms with van der Waals surface area (Å²) in [6, 6.07) is 3.17. The van der Waals surface area contributed by atoms with Crippen LogP contribution in [0.1, 0.15) is 18.4 Å². The van der Waals surface area contributed by atoms with E-state index in [4.69, 9.17) is 26.2 Å². The second-order valence-electron chi connectivity index (χ2n) is 9.41. The SMILES string of the molecule is [B]C([B])(c1cc(-c2cc(F)c(OC)cc2F)ncc1N1CCCC(C(=O)C(F)F)C1)n1cnc2c(N)ncnc21. The summed E-state index contributed by atoms with van der Waals surface area (Å²) >= 11 is 0. The number of aromatic nitrogens is 5. The van der Waals surface area contributed by atoms with Crippen LogP contribution in [0.2, 0.25) is 0 Å². The molecule has 0 bridgehead atoms. The molecule has 4 radical (unpaired) electrons. The largest absolute Gasteiger partial charge is 0.494 e. The third kappa shape index (κ3) is 4.73. The molecule has 2 N–H and O–H groups in total. The van der Waals surface area contributed by atoms with E-state index in [1.807, 2.05) is 0 Å². The first-order valence-electron chi connectivity index (χ1n) is 12.2. The molecule has 0 aliphatic carbocycles.